The van der Waals surface area contributed by atoms with E-state index in [4.69, 9.17) is 0 Å². The highest BCUT2D eigenvalue weighted by atomic mass is 79.9. The smallest absolute Gasteiger partial charge is 0.127 e. The summed E-state index contributed by atoms with van der Waals surface area (Å²) in [6, 6.07) is 5.59. The lowest BCUT2D eigenvalue weighted by Gasteiger charge is -2.33. The molecule has 0 aromatic heterocycles. The van der Waals surface area contributed by atoms with Crippen LogP contribution in [0.25, 0.3) is 0 Å². The van der Waals surface area contributed by atoms with Crippen molar-refractivity contribution in [2.24, 2.45) is 0 Å². The van der Waals surface area contributed by atoms with Crippen molar-refractivity contribution in [2.75, 3.05) is 19.6 Å². The molecule has 1 aliphatic heterocycles. The van der Waals surface area contributed by atoms with Crippen LogP contribution in [0.2, 0.25) is 0 Å². The average Bonchev–Trinajstić information content (AvgIpc) is 2.27. The molecule has 0 saturated carbocycles. The zero-order chi connectivity index (χ0) is 11.5. The highest BCUT2D eigenvalue weighted by Crippen LogP contribution is 2.18. The second-order valence-corrected chi connectivity index (χ2v) is 5.18. The molecule has 0 unspecified atom stereocenters. The quantitative estimate of drug-likeness (QED) is 0.900. The van der Waals surface area contributed by atoms with Crippen LogP contribution >= 0.6 is 28.3 Å². The van der Waals surface area contributed by atoms with E-state index in [1.54, 1.807) is 6.07 Å². The molecule has 0 bridgehead atoms. The molecule has 2 rings (SSSR count). The van der Waals surface area contributed by atoms with Crippen LogP contribution in [0.5, 0.6) is 0 Å². The predicted molar refractivity (Wildman–Crippen MR) is 74.1 cm³/mol. The molecular weight excluding hydrogens is 307 g/mol. The Kier molecular flexibility index (Phi) is 5.86. The van der Waals surface area contributed by atoms with Crippen LogP contribution in [0, 0.1) is 5.82 Å². The molecule has 1 aromatic rings. The fourth-order valence-corrected chi connectivity index (χ4v) is 2.41. The zero-order valence-electron chi connectivity index (χ0n) is 9.75. The zero-order valence-corrected chi connectivity index (χ0v) is 12.2. The van der Waals surface area contributed by atoms with E-state index in [1.165, 1.54) is 6.07 Å². The minimum atomic E-state index is -0.117. The fourth-order valence-electron chi connectivity index (χ4n) is 2.00. The van der Waals surface area contributed by atoms with E-state index < -0.39 is 0 Å². The van der Waals surface area contributed by atoms with Gasteiger partial charge in [-0.25, -0.2) is 4.39 Å². The van der Waals surface area contributed by atoms with Gasteiger partial charge in [-0.3, -0.25) is 4.90 Å². The number of nitrogens with zero attached hydrogens (tertiary/aromatic N) is 1. The average molecular weight is 324 g/mol. The number of benzene rings is 1. The van der Waals surface area contributed by atoms with Gasteiger partial charge in [0.1, 0.15) is 5.82 Å². The summed E-state index contributed by atoms with van der Waals surface area (Å²) in [5.41, 5.74) is 0.767. The molecule has 1 aromatic carbocycles. The van der Waals surface area contributed by atoms with E-state index in [9.17, 15) is 4.39 Å². The summed E-state index contributed by atoms with van der Waals surface area (Å²) in [5.74, 6) is -0.117. The Morgan fingerprint density at radius 1 is 1.53 bits per heavy atom. The molecule has 1 heterocycles. The Balaban J connectivity index is 0.00000144. The topological polar surface area (TPSA) is 15.3 Å². The third-order valence-electron chi connectivity index (χ3n) is 3.02. The van der Waals surface area contributed by atoms with Crippen LogP contribution < -0.4 is 5.32 Å². The number of rotatable bonds is 2. The summed E-state index contributed by atoms with van der Waals surface area (Å²) < 4.78 is 14.5. The number of hydrogen-bond donors (Lipinski definition) is 1. The summed E-state index contributed by atoms with van der Waals surface area (Å²) in [6.07, 6.45) is 0. The first-order valence-corrected chi connectivity index (χ1v) is 6.35. The van der Waals surface area contributed by atoms with E-state index in [-0.39, 0.29) is 18.2 Å². The van der Waals surface area contributed by atoms with Crippen LogP contribution in [0.3, 0.4) is 0 Å². The highest BCUT2D eigenvalue weighted by molar-refractivity contribution is 9.10. The Bertz CT molecular complexity index is 376. The monoisotopic (exact) mass is 322 g/mol. The minimum Gasteiger partial charge on any atom is -0.314 e. The Hall–Kier alpha value is -0.160. The van der Waals surface area contributed by atoms with Crippen LogP contribution in [-0.4, -0.2) is 30.6 Å². The van der Waals surface area contributed by atoms with Gasteiger partial charge in [0.25, 0.3) is 0 Å². The van der Waals surface area contributed by atoms with Crippen LogP contribution in [0.4, 0.5) is 4.39 Å². The van der Waals surface area contributed by atoms with Crippen molar-refractivity contribution in [1.29, 1.82) is 0 Å². The Labute approximate surface area is 116 Å². The van der Waals surface area contributed by atoms with Gasteiger partial charge in [0.05, 0.1) is 0 Å². The third-order valence-corrected chi connectivity index (χ3v) is 3.51. The van der Waals surface area contributed by atoms with Crippen molar-refractivity contribution >= 4 is 28.3 Å². The van der Waals surface area contributed by atoms with Crippen molar-refractivity contribution in [3.05, 3.63) is 34.1 Å². The summed E-state index contributed by atoms with van der Waals surface area (Å²) >= 11 is 3.38. The van der Waals surface area contributed by atoms with Crippen molar-refractivity contribution < 1.29 is 4.39 Å². The van der Waals surface area contributed by atoms with Gasteiger partial charge in [0.15, 0.2) is 0 Å². The van der Waals surface area contributed by atoms with Gasteiger partial charge in [0, 0.05) is 42.3 Å². The lowest BCUT2D eigenvalue weighted by Crippen LogP contribution is -2.49. The van der Waals surface area contributed by atoms with E-state index in [2.05, 4.69) is 33.1 Å². The normalized spacial score (nSPS) is 21.0. The van der Waals surface area contributed by atoms with E-state index in [1.807, 2.05) is 6.07 Å². The standard InChI is InChI=1S/C12H16BrFN2.ClH/c1-9-7-15-4-5-16(9)8-10-6-11(13)2-3-12(10)14;/h2-3,6,9,15H,4-5,7-8H2,1H3;1H/t9-;/m1./s1. The molecule has 1 aliphatic rings. The summed E-state index contributed by atoms with van der Waals surface area (Å²) in [4.78, 5) is 2.31. The van der Waals surface area contributed by atoms with Gasteiger partial charge in [0.2, 0.25) is 0 Å². The van der Waals surface area contributed by atoms with Crippen LogP contribution in [0.15, 0.2) is 22.7 Å². The van der Waals surface area contributed by atoms with Crippen molar-refractivity contribution in [1.82, 2.24) is 10.2 Å². The van der Waals surface area contributed by atoms with E-state index in [0.29, 0.717) is 12.6 Å². The molecule has 2 nitrogen and oxygen atoms in total. The van der Waals surface area contributed by atoms with Crippen LogP contribution in [-0.2, 0) is 6.54 Å². The molecule has 1 saturated heterocycles. The van der Waals surface area contributed by atoms with Crippen molar-refractivity contribution in [3.8, 4) is 0 Å². The summed E-state index contributed by atoms with van der Waals surface area (Å²) in [6.45, 7) is 5.80. The molecule has 96 valence electrons. The van der Waals surface area contributed by atoms with Crippen LogP contribution in [0.1, 0.15) is 12.5 Å². The fraction of sp³-hybridized carbons (Fsp3) is 0.500. The number of piperazine rings is 1. The first-order chi connectivity index (χ1) is 7.66. The third kappa shape index (κ3) is 3.91. The number of halogens is 3. The Morgan fingerprint density at radius 2 is 2.29 bits per heavy atom. The van der Waals surface area contributed by atoms with Crippen molar-refractivity contribution in [2.45, 2.75) is 19.5 Å². The van der Waals surface area contributed by atoms with Gasteiger partial charge in [-0.05, 0) is 25.1 Å². The molecule has 0 amide bonds. The minimum absolute atomic E-state index is 0. The molecule has 17 heavy (non-hydrogen) atoms. The molecule has 5 heteroatoms. The first kappa shape index (κ1) is 14.9. The molecule has 1 fully saturated rings. The predicted octanol–water partition coefficient (Wildman–Crippen LogP) is 2.80. The molecule has 1 atom stereocenters. The second-order valence-electron chi connectivity index (χ2n) is 4.26. The Morgan fingerprint density at radius 3 is 3.00 bits per heavy atom. The molecule has 0 spiro atoms. The molecular formula is C12H17BrClFN2. The van der Waals surface area contributed by atoms with Gasteiger partial charge >= 0.3 is 0 Å². The molecule has 0 radical (unpaired) electrons. The maximum Gasteiger partial charge on any atom is 0.127 e. The lowest BCUT2D eigenvalue weighted by molar-refractivity contribution is 0.164. The lowest BCUT2D eigenvalue weighted by atomic mass is 10.1. The maximum atomic E-state index is 13.6. The summed E-state index contributed by atoms with van der Waals surface area (Å²) in [7, 11) is 0. The SMILES string of the molecule is C[C@@H]1CNCCN1Cc1cc(Br)ccc1F.Cl. The summed E-state index contributed by atoms with van der Waals surface area (Å²) in [5, 5.41) is 3.33. The van der Waals surface area contributed by atoms with Crippen molar-refractivity contribution in [3.63, 3.8) is 0 Å². The number of nitrogens with one attached hydrogen (secondary N) is 1. The van der Waals surface area contributed by atoms with Gasteiger partial charge in [-0.2, -0.15) is 0 Å². The second kappa shape index (κ2) is 6.69. The van der Waals surface area contributed by atoms with Gasteiger partial charge in [-0.1, -0.05) is 15.9 Å². The molecule has 0 aliphatic carbocycles. The van der Waals surface area contributed by atoms with Gasteiger partial charge < -0.3 is 5.32 Å². The highest BCUT2D eigenvalue weighted by Gasteiger charge is 2.19. The van der Waals surface area contributed by atoms with E-state index in [0.717, 1.165) is 29.7 Å². The number of hydrogen-bond acceptors (Lipinski definition) is 2. The first-order valence-electron chi connectivity index (χ1n) is 5.55. The molecule has 1 N–H and O–H groups in total. The van der Waals surface area contributed by atoms with E-state index >= 15 is 0 Å². The maximum absolute atomic E-state index is 13.6. The van der Waals surface area contributed by atoms with Gasteiger partial charge in [-0.15, -0.1) is 12.4 Å². The largest absolute Gasteiger partial charge is 0.314 e.